The number of piperidine rings is 1. The van der Waals surface area contributed by atoms with Crippen molar-refractivity contribution >= 4 is 11.8 Å². The minimum absolute atomic E-state index is 0.0272. The molecular weight excluding hydrogens is 334 g/mol. The predicted octanol–water partition coefficient (Wildman–Crippen LogP) is 0.0187. The molecule has 4 rings (SSSR count). The van der Waals surface area contributed by atoms with Gasteiger partial charge < -0.3 is 14.8 Å². The largest absolute Gasteiger partial charge is 0.354 e. The lowest BCUT2D eigenvalue weighted by atomic mass is 9.87. The van der Waals surface area contributed by atoms with E-state index >= 15 is 0 Å². The number of rotatable bonds is 6. The molecule has 1 N–H and O–H groups in total. The number of hydrogen-bond donors (Lipinski definition) is 1. The van der Waals surface area contributed by atoms with Crippen LogP contribution in [0.5, 0.6) is 0 Å². The van der Waals surface area contributed by atoms with Crippen LogP contribution in [0.15, 0.2) is 31.1 Å². The molecule has 1 atom stereocenters. The average molecular weight is 357 g/mol. The molecule has 0 bridgehead atoms. The maximum absolute atomic E-state index is 13.1. The van der Waals surface area contributed by atoms with Gasteiger partial charge in [-0.15, -0.1) is 5.10 Å². The number of nitrogens with zero attached hydrogens (tertiary/aromatic N) is 6. The van der Waals surface area contributed by atoms with Gasteiger partial charge in [0, 0.05) is 31.7 Å². The van der Waals surface area contributed by atoms with Crippen molar-refractivity contribution in [3.8, 4) is 0 Å². The van der Waals surface area contributed by atoms with Crippen molar-refractivity contribution in [1.29, 1.82) is 0 Å². The number of amides is 2. The highest BCUT2D eigenvalue weighted by Crippen LogP contribution is 2.31. The average Bonchev–Trinajstić information content (AvgIpc) is 3.11. The molecular formula is C17H23N7O2. The van der Waals surface area contributed by atoms with Gasteiger partial charge in [-0.25, -0.2) is 9.67 Å². The number of carbonyl (C=O) groups excluding carboxylic acids is 2. The van der Waals surface area contributed by atoms with Crippen LogP contribution < -0.4 is 5.32 Å². The predicted molar refractivity (Wildman–Crippen MR) is 91.8 cm³/mol. The van der Waals surface area contributed by atoms with Crippen LogP contribution in [0.2, 0.25) is 0 Å². The number of carbonyl (C=O) groups is 2. The second kappa shape index (κ2) is 6.89. The minimum Gasteiger partial charge on any atom is -0.354 e. The molecule has 138 valence electrons. The molecule has 9 nitrogen and oxygen atoms in total. The van der Waals surface area contributed by atoms with E-state index in [2.05, 4.69) is 20.6 Å². The lowest BCUT2D eigenvalue weighted by molar-refractivity contribution is -0.141. The van der Waals surface area contributed by atoms with Crippen LogP contribution in [-0.2, 0) is 21.7 Å². The molecule has 2 fully saturated rings. The fraction of sp³-hybridized carbons (Fsp3) is 0.588. The highest BCUT2D eigenvalue weighted by molar-refractivity contribution is 5.86. The summed E-state index contributed by atoms with van der Waals surface area (Å²) in [5.74, 6) is 0.516. The first-order chi connectivity index (χ1) is 12.7. The Morgan fingerprint density at radius 3 is 2.81 bits per heavy atom. The van der Waals surface area contributed by atoms with Crippen LogP contribution in [0.1, 0.15) is 25.7 Å². The number of likely N-dealkylation sites (tertiary alicyclic amines) is 1. The van der Waals surface area contributed by atoms with E-state index in [9.17, 15) is 9.59 Å². The third kappa shape index (κ3) is 3.33. The van der Waals surface area contributed by atoms with Crippen molar-refractivity contribution in [1.82, 2.24) is 34.8 Å². The molecule has 1 unspecified atom stereocenters. The zero-order chi connectivity index (χ0) is 18.0. The number of aromatic nitrogens is 5. The van der Waals surface area contributed by atoms with Crippen molar-refractivity contribution in [3.63, 3.8) is 0 Å². The van der Waals surface area contributed by atoms with Crippen LogP contribution in [-0.4, -0.2) is 60.9 Å². The molecule has 9 heteroatoms. The highest BCUT2D eigenvalue weighted by atomic mass is 16.2. The number of imidazole rings is 1. The van der Waals surface area contributed by atoms with Gasteiger partial charge in [0.25, 0.3) is 0 Å². The van der Waals surface area contributed by atoms with Crippen molar-refractivity contribution in [2.75, 3.05) is 19.6 Å². The van der Waals surface area contributed by atoms with E-state index in [0.29, 0.717) is 32.0 Å². The molecule has 2 aromatic rings. The maximum atomic E-state index is 13.1. The lowest BCUT2D eigenvalue weighted by Gasteiger charge is -2.42. The van der Waals surface area contributed by atoms with E-state index < -0.39 is 5.54 Å². The van der Waals surface area contributed by atoms with Crippen molar-refractivity contribution in [2.45, 2.75) is 37.8 Å². The van der Waals surface area contributed by atoms with Crippen molar-refractivity contribution < 1.29 is 9.59 Å². The van der Waals surface area contributed by atoms with Gasteiger partial charge in [0.2, 0.25) is 11.8 Å². The normalized spacial score (nSPS) is 23.0. The van der Waals surface area contributed by atoms with E-state index in [1.54, 1.807) is 29.8 Å². The Morgan fingerprint density at radius 1 is 1.23 bits per heavy atom. The summed E-state index contributed by atoms with van der Waals surface area (Å²) in [7, 11) is 0. The molecule has 0 radical (unpaired) electrons. The summed E-state index contributed by atoms with van der Waals surface area (Å²) in [6.07, 6.45) is 12.2. The molecule has 0 spiro atoms. The van der Waals surface area contributed by atoms with Gasteiger partial charge >= 0.3 is 0 Å². The molecule has 1 saturated heterocycles. The fourth-order valence-corrected chi connectivity index (χ4v) is 3.55. The first-order valence-electron chi connectivity index (χ1n) is 9.06. The molecule has 0 aromatic carbocycles. The van der Waals surface area contributed by atoms with Gasteiger partial charge in [-0.05, 0) is 31.6 Å². The second-order valence-electron chi connectivity index (χ2n) is 7.17. The van der Waals surface area contributed by atoms with Crippen LogP contribution in [0.25, 0.3) is 0 Å². The Kier molecular flexibility index (Phi) is 4.44. The fourth-order valence-electron chi connectivity index (χ4n) is 3.55. The molecule has 2 aromatic heterocycles. The Labute approximate surface area is 151 Å². The summed E-state index contributed by atoms with van der Waals surface area (Å²) < 4.78 is 3.35. The van der Waals surface area contributed by atoms with Gasteiger partial charge in [0.15, 0.2) is 0 Å². The van der Waals surface area contributed by atoms with E-state index in [1.807, 2.05) is 10.8 Å². The summed E-state index contributed by atoms with van der Waals surface area (Å²) in [6, 6.07) is 0. The zero-order valence-corrected chi connectivity index (χ0v) is 14.6. The summed E-state index contributed by atoms with van der Waals surface area (Å²) in [6.45, 7) is 1.82. The standard InChI is InChI=1S/C17H23N7O2/c25-15(11-24-9-6-20-21-24)22-7-1-4-17(12-22,23-8-5-18-13-23)16(26)19-10-14-2-3-14/h5-6,8-9,13-14H,1-4,7,10-12H2,(H,19,26). The third-order valence-corrected chi connectivity index (χ3v) is 5.26. The van der Waals surface area contributed by atoms with E-state index in [0.717, 1.165) is 6.42 Å². The minimum atomic E-state index is -0.804. The van der Waals surface area contributed by atoms with Crippen molar-refractivity contribution in [3.05, 3.63) is 31.1 Å². The first-order valence-corrected chi connectivity index (χ1v) is 9.06. The Bertz CT molecular complexity index is 754. The first kappa shape index (κ1) is 16.7. The quantitative estimate of drug-likeness (QED) is 0.786. The molecule has 2 aliphatic rings. The Hall–Kier alpha value is -2.71. The lowest BCUT2D eigenvalue weighted by Crippen LogP contribution is -2.59. The van der Waals surface area contributed by atoms with Crippen molar-refractivity contribution in [2.24, 2.45) is 5.92 Å². The van der Waals surface area contributed by atoms with Gasteiger partial charge in [0.05, 0.1) is 19.1 Å². The maximum Gasteiger partial charge on any atom is 0.248 e. The molecule has 3 heterocycles. The van der Waals surface area contributed by atoms with Gasteiger partial charge in [0.1, 0.15) is 12.1 Å². The highest BCUT2D eigenvalue weighted by Gasteiger charge is 2.45. The van der Waals surface area contributed by atoms with Gasteiger partial charge in [-0.1, -0.05) is 5.21 Å². The van der Waals surface area contributed by atoms with Crippen LogP contribution in [0.3, 0.4) is 0 Å². The summed E-state index contributed by atoms with van der Waals surface area (Å²) >= 11 is 0. The van der Waals surface area contributed by atoms with Crippen LogP contribution in [0.4, 0.5) is 0 Å². The van der Waals surface area contributed by atoms with Crippen LogP contribution >= 0.6 is 0 Å². The van der Waals surface area contributed by atoms with Gasteiger partial charge in [-0.2, -0.15) is 0 Å². The molecule has 1 aliphatic carbocycles. The molecule has 2 amide bonds. The zero-order valence-electron chi connectivity index (χ0n) is 14.6. The van der Waals surface area contributed by atoms with Gasteiger partial charge in [-0.3, -0.25) is 9.59 Å². The Balaban J connectivity index is 1.52. The van der Waals surface area contributed by atoms with E-state index in [1.165, 1.54) is 17.5 Å². The molecule has 26 heavy (non-hydrogen) atoms. The summed E-state index contributed by atoms with van der Waals surface area (Å²) in [5, 5.41) is 10.7. The number of hydrogen-bond acceptors (Lipinski definition) is 5. The van der Waals surface area contributed by atoms with E-state index in [-0.39, 0.29) is 18.4 Å². The molecule has 1 saturated carbocycles. The SMILES string of the molecule is O=C(Cn1ccnn1)N1CCCC(C(=O)NCC2CC2)(n2ccnc2)C1. The summed E-state index contributed by atoms with van der Waals surface area (Å²) in [4.78, 5) is 31.7. The smallest absolute Gasteiger partial charge is 0.248 e. The monoisotopic (exact) mass is 357 g/mol. The Morgan fingerprint density at radius 2 is 2.12 bits per heavy atom. The van der Waals surface area contributed by atoms with E-state index in [4.69, 9.17) is 0 Å². The van der Waals surface area contributed by atoms with Crippen LogP contribution in [0, 0.1) is 5.92 Å². The second-order valence-corrected chi connectivity index (χ2v) is 7.17. The summed E-state index contributed by atoms with van der Waals surface area (Å²) in [5.41, 5.74) is -0.804. The molecule has 1 aliphatic heterocycles. The third-order valence-electron chi connectivity index (χ3n) is 5.26. The topological polar surface area (TPSA) is 97.9 Å². The number of nitrogens with one attached hydrogen (secondary N) is 1.